The van der Waals surface area contributed by atoms with E-state index in [-0.39, 0.29) is 5.82 Å². The highest BCUT2D eigenvalue weighted by atomic mass is 35.5. The highest BCUT2D eigenvalue weighted by Crippen LogP contribution is 2.26. The average molecular weight is 208 g/mol. The molecule has 0 amide bonds. The molecule has 0 aliphatic carbocycles. The highest BCUT2D eigenvalue weighted by molar-refractivity contribution is 6.33. The molecule has 0 N–H and O–H groups in total. The maximum Gasteiger partial charge on any atom is 0.123 e. The summed E-state index contributed by atoms with van der Waals surface area (Å²) in [4.78, 5) is 4.10. The van der Waals surface area contributed by atoms with E-state index in [1.165, 1.54) is 18.2 Å². The molecule has 0 spiro atoms. The zero-order chi connectivity index (χ0) is 9.97. The Morgan fingerprint density at radius 2 is 2.00 bits per heavy atom. The SMILES string of the molecule is Fc1ccc(Cl)c(-c2ccccn2)c1. The van der Waals surface area contributed by atoms with Gasteiger partial charge in [0.2, 0.25) is 0 Å². The molecule has 2 aromatic rings. The molecule has 1 nitrogen and oxygen atoms in total. The molecule has 3 heteroatoms. The molecule has 0 bridgehead atoms. The third-order valence-electron chi connectivity index (χ3n) is 1.87. The monoisotopic (exact) mass is 207 g/mol. The number of pyridine rings is 1. The Labute approximate surface area is 86.2 Å². The van der Waals surface area contributed by atoms with Crippen molar-refractivity contribution in [2.75, 3.05) is 0 Å². The van der Waals surface area contributed by atoms with E-state index >= 15 is 0 Å². The summed E-state index contributed by atoms with van der Waals surface area (Å²) in [6.45, 7) is 0. The van der Waals surface area contributed by atoms with Gasteiger partial charge in [0.05, 0.1) is 10.7 Å². The van der Waals surface area contributed by atoms with E-state index in [1.807, 2.05) is 6.07 Å². The van der Waals surface area contributed by atoms with E-state index in [2.05, 4.69) is 4.98 Å². The van der Waals surface area contributed by atoms with E-state index in [4.69, 9.17) is 11.6 Å². The van der Waals surface area contributed by atoms with Crippen LogP contribution in [0.1, 0.15) is 0 Å². The molecule has 0 fully saturated rings. The van der Waals surface area contributed by atoms with Gasteiger partial charge in [0, 0.05) is 11.8 Å². The Bertz CT molecular complexity index is 442. The molecule has 1 heterocycles. The lowest BCUT2D eigenvalue weighted by Gasteiger charge is -2.02. The zero-order valence-corrected chi connectivity index (χ0v) is 8.00. The van der Waals surface area contributed by atoms with Gasteiger partial charge in [0.25, 0.3) is 0 Å². The van der Waals surface area contributed by atoms with Crippen molar-refractivity contribution >= 4 is 11.6 Å². The maximum atomic E-state index is 12.9. The Morgan fingerprint density at radius 1 is 1.14 bits per heavy atom. The minimum atomic E-state index is -0.310. The van der Waals surface area contributed by atoms with E-state index in [9.17, 15) is 4.39 Å². The van der Waals surface area contributed by atoms with Gasteiger partial charge in [0.15, 0.2) is 0 Å². The minimum Gasteiger partial charge on any atom is -0.256 e. The predicted octanol–water partition coefficient (Wildman–Crippen LogP) is 3.54. The Balaban J connectivity index is 2.57. The molecule has 0 radical (unpaired) electrons. The molecule has 0 unspecified atom stereocenters. The van der Waals surface area contributed by atoms with Gasteiger partial charge in [-0.05, 0) is 30.3 Å². The van der Waals surface area contributed by atoms with Crippen LogP contribution in [0.2, 0.25) is 5.02 Å². The summed E-state index contributed by atoms with van der Waals surface area (Å²) in [5, 5.41) is 0.505. The molecule has 0 saturated carbocycles. The van der Waals surface area contributed by atoms with Crippen LogP contribution in [0, 0.1) is 5.82 Å². The Morgan fingerprint density at radius 3 is 2.71 bits per heavy atom. The van der Waals surface area contributed by atoms with Crippen LogP contribution >= 0.6 is 11.6 Å². The first-order chi connectivity index (χ1) is 6.77. The fourth-order valence-corrected chi connectivity index (χ4v) is 1.43. The molecule has 2 rings (SSSR count). The lowest BCUT2D eigenvalue weighted by atomic mass is 10.1. The first kappa shape index (κ1) is 9.16. The standard InChI is InChI=1S/C11H7ClFN/c12-10-5-4-8(13)7-9(10)11-3-1-2-6-14-11/h1-7H. The first-order valence-corrected chi connectivity index (χ1v) is 4.51. The van der Waals surface area contributed by atoms with Gasteiger partial charge in [-0.3, -0.25) is 4.98 Å². The highest BCUT2D eigenvalue weighted by Gasteiger charge is 2.04. The summed E-state index contributed by atoms with van der Waals surface area (Å²) in [5.41, 5.74) is 1.30. The number of hydrogen-bond donors (Lipinski definition) is 0. The van der Waals surface area contributed by atoms with Crippen molar-refractivity contribution in [2.45, 2.75) is 0 Å². The summed E-state index contributed by atoms with van der Waals surface area (Å²) in [7, 11) is 0. The summed E-state index contributed by atoms with van der Waals surface area (Å²) in [6.07, 6.45) is 1.65. The van der Waals surface area contributed by atoms with E-state index in [1.54, 1.807) is 18.3 Å². The number of rotatable bonds is 1. The van der Waals surface area contributed by atoms with Crippen molar-refractivity contribution in [2.24, 2.45) is 0 Å². The molecular weight excluding hydrogens is 201 g/mol. The second-order valence-corrected chi connectivity index (χ2v) is 3.25. The van der Waals surface area contributed by atoms with E-state index in [0.29, 0.717) is 16.3 Å². The summed E-state index contributed by atoms with van der Waals surface area (Å²) >= 11 is 5.92. The molecule has 0 atom stereocenters. The molecule has 0 saturated heterocycles. The van der Waals surface area contributed by atoms with Crippen LogP contribution in [0.25, 0.3) is 11.3 Å². The van der Waals surface area contributed by atoms with Crippen molar-refractivity contribution in [3.8, 4) is 11.3 Å². The van der Waals surface area contributed by atoms with Crippen molar-refractivity contribution < 1.29 is 4.39 Å². The Hall–Kier alpha value is -1.41. The van der Waals surface area contributed by atoms with Crippen molar-refractivity contribution in [3.05, 3.63) is 53.4 Å². The van der Waals surface area contributed by atoms with Crippen LogP contribution < -0.4 is 0 Å². The number of hydrogen-bond acceptors (Lipinski definition) is 1. The summed E-state index contributed by atoms with van der Waals surface area (Å²) < 4.78 is 12.9. The normalized spacial score (nSPS) is 10.1. The fraction of sp³-hybridized carbons (Fsp3) is 0. The Kier molecular flexibility index (Phi) is 2.46. The fourth-order valence-electron chi connectivity index (χ4n) is 1.22. The molecular formula is C11H7ClFN. The molecule has 14 heavy (non-hydrogen) atoms. The molecule has 70 valence electrons. The lowest BCUT2D eigenvalue weighted by Crippen LogP contribution is -1.84. The van der Waals surface area contributed by atoms with Crippen LogP contribution in [0.15, 0.2) is 42.6 Å². The molecule has 0 aliphatic rings. The minimum absolute atomic E-state index is 0.310. The average Bonchev–Trinajstić information content (AvgIpc) is 2.23. The largest absolute Gasteiger partial charge is 0.256 e. The topological polar surface area (TPSA) is 12.9 Å². The van der Waals surface area contributed by atoms with Crippen LogP contribution in [0.3, 0.4) is 0 Å². The third-order valence-corrected chi connectivity index (χ3v) is 2.20. The van der Waals surface area contributed by atoms with Gasteiger partial charge < -0.3 is 0 Å². The van der Waals surface area contributed by atoms with Gasteiger partial charge in [-0.15, -0.1) is 0 Å². The molecule has 1 aromatic heterocycles. The zero-order valence-electron chi connectivity index (χ0n) is 7.24. The van der Waals surface area contributed by atoms with Crippen LogP contribution in [-0.2, 0) is 0 Å². The van der Waals surface area contributed by atoms with Crippen LogP contribution in [-0.4, -0.2) is 4.98 Å². The smallest absolute Gasteiger partial charge is 0.123 e. The quantitative estimate of drug-likeness (QED) is 0.697. The number of aromatic nitrogens is 1. The lowest BCUT2D eigenvalue weighted by molar-refractivity contribution is 0.628. The van der Waals surface area contributed by atoms with E-state index in [0.717, 1.165) is 0 Å². The van der Waals surface area contributed by atoms with Crippen molar-refractivity contribution in [1.29, 1.82) is 0 Å². The molecule has 0 aliphatic heterocycles. The van der Waals surface area contributed by atoms with Gasteiger partial charge in [-0.1, -0.05) is 17.7 Å². The van der Waals surface area contributed by atoms with Crippen LogP contribution in [0.4, 0.5) is 4.39 Å². The maximum absolute atomic E-state index is 12.9. The van der Waals surface area contributed by atoms with Gasteiger partial charge >= 0.3 is 0 Å². The first-order valence-electron chi connectivity index (χ1n) is 4.14. The summed E-state index contributed by atoms with van der Waals surface area (Å²) in [5.74, 6) is -0.310. The van der Waals surface area contributed by atoms with Crippen molar-refractivity contribution in [3.63, 3.8) is 0 Å². The third kappa shape index (κ3) is 1.75. The number of benzene rings is 1. The van der Waals surface area contributed by atoms with Crippen LogP contribution in [0.5, 0.6) is 0 Å². The van der Waals surface area contributed by atoms with E-state index < -0.39 is 0 Å². The number of nitrogens with zero attached hydrogens (tertiary/aromatic N) is 1. The second-order valence-electron chi connectivity index (χ2n) is 2.84. The summed E-state index contributed by atoms with van der Waals surface area (Å²) in [6, 6.07) is 9.67. The number of halogens is 2. The van der Waals surface area contributed by atoms with Gasteiger partial charge in [0.1, 0.15) is 5.82 Å². The molecule has 1 aromatic carbocycles. The van der Waals surface area contributed by atoms with Crippen molar-refractivity contribution in [1.82, 2.24) is 4.98 Å². The van der Waals surface area contributed by atoms with Gasteiger partial charge in [-0.25, -0.2) is 4.39 Å². The second kappa shape index (κ2) is 3.76. The predicted molar refractivity (Wildman–Crippen MR) is 54.6 cm³/mol. The van der Waals surface area contributed by atoms with Gasteiger partial charge in [-0.2, -0.15) is 0 Å².